The summed E-state index contributed by atoms with van der Waals surface area (Å²) < 4.78 is 22.9. The molecule has 0 saturated carbocycles. The lowest BCUT2D eigenvalue weighted by Crippen LogP contribution is -2.04. The molecule has 1 heterocycles. The van der Waals surface area contributed by atoms with Gasteiger partial charge in [-0.25, -0.2) is 0 Å². The molecular formula is C25H22O6. The molecule has 0 unspecified atom stereocenters. The topological polar surface area (TPSA) is 78.1 Å². The van der Waals surface area contributed by atoms with Crippen molar-refractivity contribution in [1.82, 2.24) is 0 Å². The second-order valence-electron chi connectivity index (χ2n) is 7.09. The third kappa shape index (κ3) is 3.92. The van der Waals surface area contributed by atoms with Crippen molar-refractivity contribution in [2.24, 2.45) is 0 Å². The number of methoxy groups -OCH3 is 2. The van der Waals surface area contributed by atoms with E-state index in [1.807, 2.05) is 43.3 Å². The molecule has 0 fully saturated rings. The summed E-state index contributed by atoms with van der Waals surface area (Å²) in [5.41, 5.74) is 2.20. The summed E-state index contributed by atoms with van der Waals surface area (Å²) in [4.78, 5) is 12.7. The molecule has 0 aliphatic carbocycles. The molecule has 4 aromatic rings. The van der Waals surface area contributed by atoms with E-state index in [4.69, 9.17) is 18.6 Å². The Morgan fingerprint density at radius 1 is 0.935 bits per heavy atom. The van der Waals surface area contributed by atoms with Crippen LogP contribution in [-0.4, -0.2) is 19.3 Å². The summed E-state index contributed by atoms with van der Waals surface area (Å²) in [6.45, 7) is 2.19. The minimum atomic E-state index is -0.498. The van der Waals surface area contributed by atoms with Crippen LogP contribution in [0.15, 0.2) is 69.9 Å². The number of fused-ring (bicyclic) bond motifs is 1. The highest BCUT2D eigenvalue weighted by Crippen LogP contribution is 2.43. The Balaban J connectivity index is 1.80. The Labute approximate surface area is 179 Å². The average Bonchev–Trinajstić information content (AvgIpc) is 2.80. The Hall–Kier alpha value is -3.93. The van der Waals surface area contributed by atoms with Gasteiger partial charge in [-0.05, 0) is 36.8 Å². The van der Waals surface area contributed by atoms with Crippen LogP contribution in [0.4, 0.5) is 0 Å². The minimum absolute atomic E-state index is 0.0348. The predicted octanol–water partition coefficient (Wildman–Crippen LogP) is 5.07. The fraction of sp³-hybridized carbons (Fsp3) is 0.160. The van der Waals surface area contributed by atoms with E-state index in [0.29, 0.717) is 40.4 Å². The molecule has 0 radical (unpaired) electrons. The van der Waals surface area contributed by atoms with Gasteiger partial charge < -0.3 is 23.7 Å². The maximum atomic E-state index is 12.7. The van der Waals surface area contributed by atoms with Crippen molar-refractivity contribution in [1.29, 1.82) is 0 Å². The van der Waals surface area contributed by atoms with Gasteiger partial charge in [-0.2, -0.15) is 0 Å². The number of rotatable bonds is 6. The van der Waals surface area contributed by atoms with Crippen LogP contribution in [0.25, 0.3) is 22.3 Å². The second-order valence-corrected chi connectivity index (χ2v) is 7.09. The van der Waals surface area contributed by atoms with E-state index in [2.05, 4.69) is 0 Å². The molecule has 0 saturated heterocycles. The zero-order valence-corrected chi connectivity index (χ0v) is 17.5. The first kappa shape index (κ1) is 20.3. The number of hydrogen-bond donors (Lipinski definition) is 1. The maximum Gasteiger partial charge on any atom is 0.235 e. The molecule has 0 bridgehead atoms. The Kier molecular flexibility index (Phi) is 5.54. The largest absolute Gasteiger partial charge is 0.502 e. The standard InChI is InChI=1S/C25H22O6/c1-15-9-10-19-18(11-15)22(26)23(27)24(31-19)17-12-20(28-2)25(21(13-17)29-3)30-14-16-7-5-4-6-8-16/h4-13,27H,14H2,1-3H3. The molecule has 31 heavy (non-hydrogen) atoms. The molecule has 3 aromatic carbocycles. The van der Waals surface area contributed by atoms with Crippen molar-refractivity contribution in [3.05, 3.63) is 82.0 Å². The van der Waals surface area contributed by atoms with Crippen LogP contribution in [0.5, 0.6) is 23.0 Å². The summed E-state index contributed by atoms with van der Waals surface area (Å²) in [6.07, 6.45) is 0. The summed E-state index contributed by atoms with van der Waals surface area (Å²) in [5, 5.41) is 10.9. The van der Waals surface area contributed by atoms with Gasteiger partial charge in [-0.3, -0.25) is 4.79 Å². The molecule has 0 atom stereocenters. The number of benzene rings is 3. The fourth-order valence-corrected chi connectivity index (χ4v) is 3.38. The van der Waals surface area contributed by atoms with Crippen LogP contribution in [-0.2, 0) is 6.61 Å². The normalized spacial score (nSPS) is 10.8. The van der Waals surface area contributed by atoms with E-state index in [0.717, 1.165) is 11.1 Å². The highest BCUT2D eigenvalue weighted by Gasteiger charge is 2.21. The summed E-state index contributed by atoms with van der Waals surface area (Å²) in [5.74, 6) is 0.747. The molecular weight excluding hydrogens is 396 g/mol. The van der Waals surface area contributed by atoms with E-state index in [1.165, 1.54) is 14.2 Å². The molecule has 158 valence electrons. The van der Waals surface area contributed by atoms with Gasteiger partial charge in [-0.15, -0.1) is 0 Å². The van der Waals surface area contributed by atoms with Crippen molar-refractivity contribution in [3.8, 4) is 34.3 Å². The number of aromatic hydroxyl groups is 1. The van der Waals surface area contributed by atoms with Gasteiger partial charge in [0.05, 0.1) is 19.6 Å². The van der Waals surface area contributed by atoms with Crippen molar-refractivity contribution in [3.63, 3.8) is 0 Å². The second kappa shape index (κ2) is 8.44. The SMILES string of the molecule is COc1cc(-c2oc3ccc(C)cc3c(=O)c2O)cc(OC)c1OCc1ccccc1. The van der Waals surface area contributed by atoms with Crippen molar-refractivity contribution in [2.75, 3.05) is 14.2 Å². The monoisotopic (exact) mass is 418 g/mol. The van der Waals surface area contributed by atoms with E-state index >= 15 is 0 Å². The molecule has 0 amide bonds. The van der Waals surface area contributed by atoms with Gasteiger partial charge in [0.2, 0.25) is 16.9 Å². The molecule has 6 nitrogen and oxygen atoms in total. The van der Waals surface area contributed by atoms with Gasteiger partial charge in [-0.1, -0.05) is 42.0 Å². The molecule has 4 rings (SSSR count). The first-order chi connectivity index (χ1) is 15.0. The molecule has 0 aliphatic rings. The van der Waals surface area contributed by atoms with Gasteiger partial charge in [0.25, 0.3) is 0 Å². The van der Waals surface area contributed by atoms with E-state index in [-0.39, 0.29) is 5.76 Å². The summed E-state index contributed by atoms with van der Waals surface area (Å²) >= 11 is 0. The van der Waals surface area contributed by atoms with Crippen LogP contribution >= 0.6 is 0 Å². The first-order valence-electron chi connectivity index (χ1n) is 9.71. The van der Waals surface area contributed by atoms with E-state index < -0.39 is 11.2 Å². The number of hydrogen-bond acceptors (Lipinski definition) is 6. The third-order valence-electron chi connectivity index (χ3n) is 4.97. The number of aryl methyl sites for hydroxylation is 1. The summed E-state index contributed by atoms with van der Waals surface area (Å²) in [7, 11) is 3.01. The zero-order valence-electron chi connectivity index (χ0n) is 17.5. The van der Waals surface area contributed by atoms with Crippen LogP contribution in [0.3, 0.4) is 0 Å². The van der Waals surface area contributed by atoms with Crippen LogP contribution in [0, 0.1) is 6.92 Å². The van der Waals surface area contributed by atoms with Crippen molar-refractivity contribution in [2.45, 2.75) is 13.5 Å². The smallest absolute Gasteiger partial charge is 0.235 e. The van der Waals surface area contributed by atoms with Crippen LogP contribution in [0.1, 0.15) is 11.1 Å². The highest BCUT2D eigenvalue weighted by atomic mass is 16.5. The fourth-order valence-electron chi connectivity index (χ4n) is 3.38. The summed E-state index contributed by atoms with van der Waals surface area (Å²) in [6, 6.07) is 18.2. The Morgan fingerprint density at radius 3 is 2.26 bits per heavy atom. The zero-order chi connectivity index (χ0) is 22.0. The molecule has 0 spiro atoms. The molecule has 0 aliphatic heterocycles. The van der Waals surface area contributed by atoms with E-state index in [1.54, 1.807) is 24.3 Å². The number of ether oxygens (including phenoxy) is 3. The molecule has 6 heteroatoms. The molecule has 1 N–H and O–H groups in total. The quantitative estimate of drug-likeness (QED) is 0.471. The Morgan fingerprint density at radius 2 is 1.61 bits per heavy atom. The lowest BCUT2D eigenvalue weighted by Gasteiger charge is -2.16. The predicted molar refractivity (Wildman–Crippen MR) is 118 cm³/mol. The van der Waals surface area contributed by atoms with Crippen LogP contribution < -0.4 is 19.6 Å². The van der Waals surface area contributed by atoms with E-state index in [9.17, 15) is 9.90 Å². The highest BCUT2D eigenvalue weighted by molar-refractivity contribution is 5.83. The lowest BCUT2D eigenvalue weighted by atomic mass is 10.1. The van der Waals surface area contributed by atoms with Gasteiger partial charge in [0.15, 0.2) is 17.3 Å². The van der Waals surface area contributed by atoms with Gasteiger partial charge in [0.1, 0.15) is 12.2 Å². The first-order valence-corrected chi connectivity index (χ1v) is 9.71. The minimum Gasteiger partial charge on any atom is -0.502 e. The lowest BCUT2D eigenvalue weighted by molar-refractivity contribution is 0.266. The average molecular weight is 418 g/mol. The Bertz CT molecular complexity index is 1270. The maximum absolute atomic E-state index is 12.7. The van der Waals surface area contributed by atoms with Crippen molar-refractivity contribution < 1.29 is 23.7 Å². The van der Waals surface area contributed by atoms with Crippen molar-refractivity contribution >= 4 is 11.0 Å². The van der Waals surface area contributed by atoms with Gasteiger partial charge in [0, 0.05) is 5.56 Å². The van der Waals surface area contributed by atoms with Gasteiger partial charge >= 0.3 is 0 Å². The molecule has 1 aromatic heterocycles. The third-order valence-corrected chi connectivity index (χ3v) is 4.97. The van der Waals surface area contributed by atoms with Crippen LogP contribution in [0.2, 0.25) is 0 Å².